The van der Waals surface area contributed by atoms with Crippen molar-refractivity contribution < 1.29 is 4.74 Å². The highest BCUT2D eigenvalue weighted by atomic mass is 79.9. The van der Waals surface area contributed by atoms with Crippen LogP contribution in [0.15, 0.2) is 45.6 Å². The molecule has 3 nitrogen and oxygen atoms in total. The maximum absolute atomic E-state index is 5.42. The maximum Gasteiger partial charge on any atom is 0.137 e. The molecule has 1 heterocycles. The lowest BCUT2D eigenvalue weighted by molar-refractivity contribution is 0.405. The summed E-state index contributed by atoms with van der Waals surface area (Å²) in [6, 6.07) is 8.04. The maximum atomic E-state index is 5.42. The van der Waals surface area contributed by atoms with Crippen molar-refractivity contribution in [3.63, 3.8) is 0 Å². The summed E-state index contributed by atoms with van der Waals surface area (Å²) < 4.78 is 7.39. The number of ether oxygens (including phenoxy) is 1. The number of pyridine rings is 1. The van der Waals surface area contributed by atoms with E-state index in [2.05, 4.69) is 48.2 Å². The Balaban J connectivity index is 0.00000200. The number of aromatic nitrogens is 1. The fourth-order valence-electron chi connectivity index (χ4n) is 1.82. The van der Waals surface area contributed by atoms with Crippen LogP contribution in [0, 0.1) is 0 Å². The first kappa shape index (κ1) is 17.4. The Kier molecular flexibility index (Phi) is 7.51. The van der Waals surface area contributed by atoms with Gasteiger partial charge in [0, 0.05) is 35.5 Å². The first-order valence-corrected chi connectivity index (χ1v) is 7.41. The van der Waals surface area contributed by atoms with E-state index in [9.17, 15) is 0 Å². The Morgan fingerprint density at radius 3 is 2.50 bits per heavy atom. The largest absolute Gasteiger partial charge is 0.495 e. The molecule has 2 aromatic rings. The fraction of sp³-hybridized carbons (Fsp3) is 0.214. The Morgan fingerprint density at radius 1 is 1.15 bits per heavy atom. The third-order valence-corrected chi connectivity index (χ3v) is 3.73. The molecular formula is C14H15Br2ClN2O. The molecule has 0 amide bonds. The Labute approximate surface area is 141 Å². The van der Waals surface area contributed by atoms with Crippen molar-refractivity contribution in [1.29, 1.82) is 0 Å². The molecule has 2 rings (SSSR count). The molecule has 0 saturated carbocycles. The van der Waals surface area contributed by atoms with E-state index in [4.69, 9.17) is 4.74 Å². The Morgan fingerprint density at radius 2 is 1.85 bits per heavy atom. The lowest BCUT2D eigenvalue weighted by Gasteiger charge is -2.12. The van der Waals surface area contributed by atoms with E-state index in [1.807, 2.05) is 18.2 Å². The molecule has 0 spiro atoms. The van der Waals surface area contributed by atoms with Gasteiger partial charge in [-0.05, 0) is 45.8 Å². The van der Waals surface area contributed by atoms with E-state index in [1.165, 1.54) is 5.56 Å². The van der Waals surface area contributed by atoms with Crippen molar-refractivity contribution in [2.45, 2.75) is 13.1 Å². The zero-order valence-corrected chi connectivity index (χ0v) is 14.9. The summed E-state index contributed by atoms with van der Waals surface area (Å²) in [5, 5.41) is 3.40. The second-order valence-corrected chi connectivity index (χ2v) is 5.81. The third kappa shape index (κ3) is 4.74. The monoisotopic (exact) mass is 420 g/mol. The highest BCUT2D eigenvalue weighted by Crippen LogP contribution is 2.32. The standard InChI is InChI=1S/C14H14Br2N2O.ClH/c1-19-14-11(6-12(15)7-13(14)16)9-18-8-10-2-4-17-5-3-10;/h2-7,18H,8-9H2,1H3;1H. The van der Waals surface area contributed by atoms with Crippen LogP contribution in [0.5, 0.6) is 5.75 Å². The average molecular weight is 423 g/mol. The molecule has 0 radical (unpaired) electrons. The van der Waals surface area contributed by atoms with Gasteiger partial charge >= 0.3 is 0 Å². The fourth-order valence-corrected chi connectivity index (χ4v) is 3.29. The first-order chi connectivity index (χ1) is 9.20. The molecule has 0 atom stereocenters. The Hall–Kier alpha value is -0.620. The van der Waals surface area contributed by atoms with Gasteiger partial charge in [-0.1, -0.05) is 15.9 Å². The summed E-state index contributed by atoms with van der Waals surface area (Å²) in [7, 11) is 1.68. The molecule has 0 aliphatic rings. The number of rotatable bonds is 5. The van der Waals surface area contributed by atoms with Crippen molar-refractivity contribution in [1.82, 2.24) is 10.3 Å². The summed E-state index contributed by atoms with van der Waals surface area (Å²) in [5.74, 6) is 0.866. The van der Waals surface area contributed by atoms with Crippen molar-refractivity contribution in [2.75, 3.05) is 7.11 Å². The minimum atomic E-state index is 0. The van der Waals surface area contributed by atoms with Gasteiger partial charge in [-0.2, -0.15) is 0 Å². The lowest BCUT2D eigenvalue weighted by atomic mass is 10.2. The van der Waals surface area contributed by atoms with Crippen molar-refractivity contribution >= 4 is 44.3 Å². The number of methoxy groups -OCH3 is 1. The predicted octanol–water partition coefficient (Wildman–Crippen LogP) is 4.33. The van der Waals surface area contributed by atoms with Crippen LogP contribution in [0.2, 0.25) is 0 Å². The Bertz CT molecular complexity index is 552. The zero-order chi connectivity index (χ0) is 13.7. The van der Waals surface area contributed by atoms with Crippen LogP contribution in [-0.2, 0) is 13.1 Å². The van der Waals surface area contributed by atoms with Gasteiger partial charge in [-0.3, -0.25) is 4.98 Å². The molecule has 0 aliphatic carbocycles. The van der Waals surface area contributed by atoms with Crippen LogP contribution in [-0.4, -0.2) is 12.1 Å². The zero-order valence-electron chi connectivity index (χ0n) is 10.9. The number of hydrogen-bond acceptors (Lipinski definition) is 3. The average Bonchev–Trinajstić information content (AvgIpc) is 2.39. The second kappa shape index (κ2) is 8.62. The molecule has 0 fully saturated rings. The number of hydrogen-bond donors (Lipinski definition) is 1. The van der Waals surface area contributed by atoms with E-state index in [1.54, 1.807) is 19.5 Å². The number of halogens is 3. The van der Waals surface area contributed by atoms with Crippen LogP contribution in [0.25, 0.3) is 0 Å². The molecule has 108 valence electrons. The summed E-state index contributed by atoms with van der Waals surface area (Å²) in [5.41, 5.74) is 2.32. The lowest BCUT2D eigenvalue weighted by Crippen LogP contribution is -2.13. The third-order valence-electron chi connectivity index (χ3n) is 2.68. The molecular weight excluding hydrogens is 407 g/mol. The molecule has 6 heteroatoms. The molecule has 1 aromatic carbocycles. The van der Waals surface area contributed by atoms with E-state index in [0.717, 1.165) is 33.3 Å². The van der Waals surface area contributed by atoms with Gasteiger partial charge in [0.05, 0.1) is 11.6 Å². The van der Waals surface area contributed by atoms with E-state index < -0.39 is 0 Å². The summed E-state index contributed by atoms with van der Waals surface area (Å²) in [6.45, 7) is 1.54. The van der Waals surface area contributed by atoms with Gasteiger partial charge in [0.2, 0.25) is 0 Å². The van der Waals surface area contributed by atoms with Crippen molar-refractivity contribution in [3.8, 4) is 5.75 Å². The molecule has 20 heavy (non-hydrogen) atoms. The van der Waals surface area contributed by atoms with Crippen LogP contribution >= 0.6 is 44.3 Å². The SMILES string of the molecule is COc1c(Br)cc(Br)cc1CNCc1ccncc1.Cl. The minimum Gasteiger partial charge on any atom is -0.495 e. The number of nitrogens with zero attached hydrogens (tertiary/aromatic N) is 1. The van der Waals surface area contributed by atoms with E-state index in [0.29, 0.717) is 0 Å². The topological polar surface area (TPSA) is 34.1 Å². The van der Waals surface area contributed by atoms with Crippen LogP contribution < -0.4 is 10.1 Å². The summed E-state index contributed by atoms with van der Waals surface area (Å²) in [6.07, 6.45) is 3.60. The van der Waals surface area contributed by atoms with Crippen LogP contribution in [0.3, 0.4) is 0 Å². The quantitative estimate of drug-likeness (QED) is 0.779. The molecule has 0 saturated heterocycles. The van der Waals surface area contributed by atoms with E-state index in [-0.39, 0.29) is 12.4 Å². The number of nitrogens with one attached hydrogen (secondary N) is 1. The van der Waals surface area contributed by atoms with E-state index >= 15 is 0 Å². The second-order valence-electron chi connectivity index (χ2n) is 4.04. The molecule has 0 unspecified atom stereocenters. The predicted molar refractivity (Wildman–Crippen MR) is 90.4 cm³/mol. The van der Waals surface area contributed by atoms with Gasteiger partial charge in [-0.15, -0.1) is 12.4 Å². The van der Waals surface area contributed by atoms with Crippen molar-refractivity contribution in [2.24, 2.45) is 0 Å². The van der Waals surface area contributed by atoms with Gasteiger partial charge in [0.15, 0.2) is 0 Å². The smallest absolute Gasteiger partial charge is 0.137 e. The van der Waals surface area contributed by atoms with Gasteiger partial charge in [-0.25, -0.2) is 0 Å². The van der Waals surface area contributed by atoms with Gasteiger partial charge < -0.3 is 10.1 Å². The molecule has 1 N–H and O–H groups in total. The normalized spacial score (nSPS) is 9.95. The molecule has 1 aromatic heterocycles. The van der Waals surface area contributed by atoms with Gasteiger partial charge in [0.25, 0.3) is 0 Å². The summed E-state index contributed by atoms with van der Waals surface area (Å²) >= 11 is 7.00. The molecule has 0 aliphatic heterocycles. The van der Waals surface area contributed by atoms with Gasteiger partial charge in [0.1, 0.15) is 5.75 Å². The minimum absolute atomic E-state index is 0. The first-order valence-electron chi connectivity index (χ1n) is 5.82. The van der Waals surface area contributed by atoms with Crippen LogP contribution in [0.1, 0.15) is 11.1 Å². The van der Waals surface area contributed by atoms with Crippen molar-refractivity contribution in [3.05, 3.63) is 56.7 Å². The summed E-state index contributed by atoms with van der Waals surface area (Å²) in [4.78, 5) is 4.00. The highest BCUT2D eigenvalue weighted by Gasteiger charge is 2.08. The van der Waals surface area contributed by atoms with Crippen LogP contribution in [0.4, 0.5) is 0 Å². The number of benzene rings is 1. The highest BCUT2D eigenvalue weighted by molar-refractivity contribution is 9.11. The molecule has 0 bridgehead atoms.